The third kappa shape index (κ3) is 1.88. The average molecular weight is 182 g/mol. The van der Waals surface area contributed by atoms with Gasteiger partial charge in [-0.15, -0.1) is 0 Å². The Kier molecular flexibility index (Phi) is 2.52. The van der Waals surface area contributed by atoms with Crippen LogP contribution in [-0.2, 0) is 0 Å². The van der Waals surface area contributed by atoms with E-state index < -0.39 is 4.92 Å². The van der Waals surface area contributed by atoms with E-state index in [4.69, 9.17) is 0 Å². The fourth-order valence-corrected chi connectivity index (χ4v) is 0.589. The van der Waals surface area contributed by atoms with Gasteiger partial charge < -0.3 is 0 Å². The van der Waals surface area contributed by atoms with Crippen LogP contribution in [0, 0.1) is 10.1 Å². The number of nitrogens with zero attached hydrogens (tertiary/aromatic N) is 4. The van der Waals surface area contributed by atoms with Crippen molar-refractivity contribution in [2.75, 3.05) is 0 Å². The number of nitro groups is 1. The van der Waals surface area contributed by atoms with Crippen molar-refractivity contribution in [3.63, 3.8) is 0 Å². The monoisotopic (exact) mass is 182 g/mol. The van der Waals surface area contributed by atoms with Crippen molar-refractivity contribution in [1.82, 2.24) is 9.97 Å². The van der Waals surface area contributed by atoms with Gasteiger partial charge in [0, 0.05) is 0 Å². The van der Waals surface area contributed by atoms with Gasteiger partial charge in [0.2, 0.25) is 0 Å². The Balaban J connectivity index is 3.00. The van der Waals surface area contributed by atoms with E-state index in [-0.39, 0.29) is 11.6 Å². The van der Waals surface area contributed by atoms with E-state index in [1.807, 2.05) is 5.16 Å². The van der Waals surface area contributed by atoms with E-state index >= 15 is 0 Å². The molecule has 0 aliphatic heterocycles. The summed E-state index contributed by atoms with van der Waals surface area (Å²) in [6, 6.07) is 0. The molecule has 0 fully saturated rings. The van der Waals surface area contributed by atoms with Crippen LogP contribution in [0.15, 0.2) is 17.4 Å². The largest absolute Gasteiger partial charge is 0.305 e. The summed E-state index contributed by atoms with van der Waals surface area (Å²) < 4.78 is 0. The quantitative estimate of drug-likeness (QED) is 0.296. The molecule has 60 valence electrons. The normalized spacial score (nSPS) is 8.67. The predicted molar refractivity (Wildman–Crippen MR) is 43.4 cm³/mol. The molecule has 0 spiro atoms. The zero-order valence-electron chi connectivity index (χ0n) is 5.67. The van der Waals surface area contributed by atoms with Crippen LogP contribution in [0.5, 0.6) is 0 Å². The topological polar surface area (TPSA) is 81.3 Å². The minimum atomic E-state index is -0.592. The summed E-state index contributed by atoms with van der Waals surface area (Å²) in [7, 11) is 0. The molecule has 0 saturated heterocycles. The molecule has 0 radical (unpaired) electrons. The van der Waals surface area contributed by atoms with E-state index in [0.717, 1.165) is 12.4 Å². The minimum absolute atomic E-state index is 0.0654. The van der Waals surface area contributed by atoms with Gasteiger partial charge in [-0.05, 0) is 12.2 Å². The lowest BCUT2D eigenvalue weighted by Gasteiger charge is -1.88. The maximum Gasteiger partial charge on any atom is 0.305 e. The van der Waals surface area contributed by atoms with Crippen molar-refractivity contribution >= 4 is 29.0 Å². The Morgan fingerprint density at radius 3 is 2.58 bits per heavy atom. The molecule has 1 aromatic rings. The first-order chi connectivity index (χ1) is 5.74. The summed E-state index contributed by atoms with van der Waals surface area (Å²) in [5.41, 5.74) is -0.182. The van der Waals surface area contributed by atoms with Gasteiger partial charge in [0.15, 0.2) is 0 Å². The lowest BCUT2D eigenvalue weighted by Crippen LogP contribution is -1.89. The van der Waals surface area contributed by atoms with Gasteiger partial charge in [-0.3, -0.25) is 10.1 Å². The molecule has 6 nitrogen and oxygen atoms in total. The number of rotatable bonds is 2. The molecule has 0 aliphatic rings. The van der Waals surface area contributed by atoms with E-state index in [9.17, 15) is 10.1 Å². The van der Waals surface area contributed by atoms with E-state index in [0.29, 0.717) is 0 Å². The Morgan fingerprint density at radius 1 is 1.58 bits per heavy atom. The van der Waals surface area contributed by atoms with Crippen molar-refractivity contribution in [2.24, 2.45) is 4.99 Å². The molecular formula is C5H2N4O2S. The Bertz CT molecular complexity index is 322. The van der Waals surface area contributed by atoms with Crippen molar-refractivity contribution in [3.05, 3.63) is 22.5 Å². The van der Waals surface area contributed by atoms with Crippen LogP contribution in [0.2, 0.25) is 0 Å². The van der Waals surface area contributed by atoms with Crippen LogP contribution < -0.4 is 0 Å². The van der Waals surface area contributed by atoms with Crippen molar-refractivity contribution < 1.29 is 4.92 Å². The standard InChI is InChI=1S/C5H2N4O2S/c10-9(11)4-1-6-5(7-2-4)8-3-12/h1-2H. The molecule has 0 bridgehead atoms. The molecular weight excluding hydrogens is 180 g/mol. The highest BCUT2D eigenvalue weighted by Crippen LogP contribution is 2.08. The molecule has 1 heterocycles. The number of isothiocyanates is 1. The maximum atomic E-state index is 10.1. The zero-order valence-corrected chi connectivity index (χ0v) is 6.48. The first-order valence-corrected chi connectivity index (χ1v) is 3.19. The second kappa shape index (κ2) is 3.61. The summed E-state index contributed by atoms with van der Waals surface area (Å²) in [6.07, 6.45) is 2.11. The van der Waals surface area contributed by atoms with Crippen LogP contribution in [0.25, 0.3) is 0 Å². The number of hydrogen-bond donors (Lipinski definition) is 0. The molecule has 0 aromatic carbocycles. The third-order valence-corrected chi connectivity index (χ3v) is 1.07. The molecule has 0 aliphatic carbocycles. The summed E-state index contributed by atoms with van der Waals surface area (Å²) in [5.74, 6) is 0.0654. The predicted octanol–water partition coefficient (Wildman–Crippen LogP) is 1.12. The van der Waals surface area contributed by atoms with Crippen LogP contribution in [-0.4, -0.2) is 20.1 Å². The van der Waals surface area contributed by atoms with Gasteiger partial charge in [0.1, 0.15) is 12.4 Å². The molecule has 0 N–H and O–H groups in total. The molecule has 7 heteroatoms. The molecule has 0 amide bonds. The highest BCUT2D eigenvalue weighted by molar-refractivity contribution is 7.78. The maximum absolute atomic E-state index is 10.1. The Labute approximate surface area is 72.1 Å². The fraction of sp³-hybridized carbons (Fsp3) is 0. The molecule has 0 atom stereocenters. The van der Waals surface area contributed by atoms with Crippen molar-refractivity contribution in [2.45, 2.75) is 0 Å². The molecule has 0 unspecified atom stereocenters. The van der Waals surface area contributed by atoms with Gasteiger partial charge in [0.25, 0.3) is 5.95 Å². The van der Waals surface area contributed by atoms with Gasteiger partial charge >= 0.3 is 5.69 Å². The Hall–Kier alpha value is -1.72. The lowest BCUT2D eigenvalue weighted by atomic mass is 10.6. The number of hydrogen-bond acceptors (Lipinski definition) is 6. The smallest absolute Gasteiger partial charge is 0.258 e. The number of aromatic nitrogens is 2. The summed E-state index contributed by atoms with van der Waals surface area (Å²) in [4.78, 5) is 20.0. The third-order valence-electron chi connectivity index (χ3n) is 0.981. The summed E-state index contributed by atoms with van der Waals surface area (Å²) in [5, 5.41) is 12.2. The first kappa shape index (κ1) is 8.38. The fourth-order valence-electron chi connectivity index (χ4n) is 0.507. The SMILES string of the molecule is O=[N+]([O-])c1cnc(N=C=S)nc1. The summed E-state index contributed by atoms with van der Waals surface area (Å²) >= 11 is 4.29. The first-order valence-electron chi connectivity index (χ1n) is 2.78. The van der Waals surface area contributed by atoms with E-state index in [2.05, 4.69) is 27.2 Å². The van der Waals surface area contributed by atoms with E-state index in [1.165, 1.54) is 0 Å². The van der Waals surface area contributed by atoms with Gasteiger partial charge in [-0.1, -0.05) is 0 Å². The van der Waals surface area contributed by atoms with E-state index in [1.54, 1.807) is 0 Å². The van der Waals surface area contributed by atoms with Crippen molar-refractivity contribution in [3.8, 4) is 0 Å². The minimum Gasteiger partial charge on any atom is -0.258 e. The molecule has 1 rings (SSSR count). The number of thiocarbonyl (C=S) groups is 1. The lowest BCUT2D eigenvalue weighted by molar-refractivity contribution is -0.385. The van der Waals surface area contributed by atoms with Crippen LogP contribution in [0.1, 0.15) is 0 Å². The average Bonchev–Trinajstić information content (AvgIpc) is 2.06. The summed E-state index contributed by atoms with van der Waals surface area (Å²) in [6.45, 7) is 0. The molecule has 12 heavy (non-hydrogen) atoms. The molecule has 0 saturated carbocycles. The number of aliphatic imine (C=N–C) groups is 1. The van der Waals surface area contributed by atoms with Crippen molar-refractivity contribution in [1.29, 1.82) is 0 Å². The van der Waals surface area contributed by atoms with Gasteiger partial charge in [-0.2, -0.15) is 4.99 Å². The zero-order chi connectivity index (χ0) is 8.97. The van der Waals surface area contributed by atoms with Gasteiger partial charge in [-0.25, -0.2) is 9.97 Å². The second-order valence-electron chi connectivity index (χ2n) is 1.70. The second-order valence-corrected chi connectivity index (χ2v) is 1.88. The van der Waals surface area contributed by atoms with Crippen LogP contribution in [0.4, 0.5) is 11.6 Å². The highest BCUT2D eigenvalue weighted by atomic mass is 32.1. The molecule has 1 aromatic heterocycles. The Morgan fingerprint density at radius 2 is 2.17 bits per heavy atom. The van der Waals surface area contributed by atoms with Gasteiger partial charge in [0.05, 0.1) is 10.1 Å². The highest BCUT2D eigenvalue weighted by Gasteiger charge is 2.04. The van der Waals surface area contributed by atoms with Crippen LogP contribution >= 0.6 is 12.2 Å². The van der Waals surface area contributed by atoms with Crippen LogP contribution in [0.3, 0.4) is 0 Å².